The summed E-state index contributed by atoms with van der Waals surface area (Å²) in [4.78, 5) is 25.0. The Balaban J connectivity index is 1.40. The summed E-state index contributed by atoms with van der Waals surface area (Å²) in [7, 11) is 1.49. The van der Waals surface area contributed by atoms with E-state index in [-0.39, 0.29) is 36.5 Å². The predicted octanol–water partition coefficient (Wildman–Crippen LogP) is 3.75. The smallest absolute Gasteiger partial charge is 0.338 e. The van der Waals surface area contributed by atoms with Crippen LogP contribution in [0.25, 0.3) is 0 Å². The molecule has 0 bridgehead atoms. The van der Waals surface area contributed by atoms with Crippen molar-refractivity contribution in [2.24, 2.45) is 0 Å². The standard InChI is InChI=1S/C24H24N6O5/c1-14-18(15(2)35-30-14)12-33-19-10-9-16(11-20(19)32-3)22(31)34-13-21-27-23(25)29-24(28-21)26-17-7-5-4-6-8-17/h4-11H,12-13H2,1-3H3,(H3,25,26,27,28,29). The second kappa shape index (κ2) is 10.5. The summed E-state index contributed by atoms with van der Waals surface area (Å²) < 4.78 is 21.8. The largest absolute Gasteiger partial charge is 0.493 e. The average molecular weight is 476 g/mol. The summed E-state index contributed by atoms with van der Waals surface area (Å²) in [5.41, 5.74) is 8.45. The number of hydrogen-bond donors (Lipinski definition) is 2. The Kier molecular flexibility index (Phi) is 7.05. The molecular weight excluding hydrogens is 452 g/mol. The zero-order chi connectivity index (χ0) is 24.8. The molecule has 2 aromatic carbocycles. The highest BCUT2D eigenvalue weighted by Crippen LogP contribution is 2.30. The minimum absolute atomic E-state index is 0.00551. The maximum Gasteiger partial charge on any atom is 0.338 e. The second-order valence-corrected chi connectivity index (χ2v) is 7.46. The highest BCUT2D eigenvalue weighted by Gasteiger charge is 2.16. The van der Waals surface area contributed by atoms with Gasteiger partial charge in [0, 0.05) is 5.69 Å². The number of nitrogens with two attached hydrogens (primary N) is 1. The lowest BCUT2D eigenvalue weighted by Crippen LogP contribution is -2.11. The molecule has 0 atom stereocenters. The molecule has 11 heteroatoms. The van der Waals surface area contributed by atoms with E-state index in [0.29, 0.717) is 17.3 Å². The highest BCUT2D eigenvalue weighted by molar-refractivity contribution is 5.90. The Hall–Kier alpha value is -4.67. The van der Waals surface area contributed by atoms with Crippen LogP contribution < -0.4 is 20.5 Å². The van der Waals surface area contributed by atoms with Gasteiger partial charge in [0.1, 0.15) is 12.4 Å². The van der Waals surface area contributed by atoms with Crippen molar-refractivity contribution in [3.63, 3.8) is 0 Å². The molecule has 4 rings (SSSR count). The summed E-state index contributed by atoms with van der Waals surface area (Å²) in [6.07, 6.45) is 0. The van der Waals surface area contributed by atoms with Gasteiger partial charge in [-0.05, 0) is 44.2 Å². The van der Waals surface area contributed by atoms with E-state index in [1.807, 2.05) is 44.2 Å². The van der Waals surface area contributed by atoms with Crippen LogP contribution in [0.5, 0.6) is 11.5 Å². The van der Waals surface area contributed by atoms with E-state index in [4.69, 9.17) is 24.5 Å². The quantitative estimate of drug-likeness (QED) is 0.340. The van der Waals surface area contributed by atoms with Gasteiger partial charge in [-0.1, -0.05) is 23.4 Å². The first kappa shape index (κ1) is 23.5. The molecule has 0 aliphatic rings. The fourth-order valence-electron chi connectivity index (χ4n) is 3.19. The van der Waals surface area contributed by atoms with Crippen molar-refractivity contribution in [2.75, 3.05) is 18.2 Å². The first-order valence-electron chi connectivity index (χ1n) is 10.6. The van der Waals surface area contributed by atoms with E-state index >= 15 is 0 Å². The minimum Gasteiger partial charge on any atom is -0.493 e. The van der Waals surface area contributed by atoms with E-state index in [2.05, 4.69) is 25.4 Å². The highest BCUT2D eigenvalue weighted by atomic mass is 16.5. The normalized spacial score (nSPS) is 10.6. The predicted molar refractivity (Wildman–Crippen MR) is 126 cm³/mol. The van der Waals surface area contributed by atoms with Gasteiger partial charge in [0.2, 0.25) is 11.9 Å². The number of nitrogens with one attached hydrogen (secondary N) is 1. The van der Waals surface area contributed by atoms with Crippen LogP contribution in [-0.4, -0.2) is 33.2 Å². The van der Waals surface area contributed by atoms with Crippen LogP contribution in [0.3, 0.4) is 0 Å². The number of ether oxygens (including phenoxy) is 3. The lowest BCUT2D eigenvalue weighted by Gasteiger charge is -2.12. The van der Waals surface area contributed by atoms with Crippen LogP contribution >= 0.6 is 0 Å². The molecule has 2 aromatic heterocycles. The molecule has 0 aliphatic carbocycles. The molecule has 11 nitrogen and oxygen atoms in total. The average Bonchev–Trinajstić information content (AvgIpc) is 3.18. The number of carbonyl (C=O) groups excluding carboxylic acids is 1. The third-order valence-electron chi connectivity index (χ3n) is 5.01. The van der Waals surface area contributed by atoms with Crippen molar-refractivity contribution in [1.82, 2.24) is 20.1 Å². The number of anilines is 3. The van der Waals surface area contributed by atoms with E-state index in [9.17, 15) is 4.79 Å². The summed E-state index contributed by atoms with van der Waals surface area (Å²) in [6.45, 7) is 3.71. The molecule has 3 N–H and O–H groups in total. The Labute approximate surface area is 201 Å². The van der Waals surface area contributed by atoms with Crippen molar-refractivity contribution in [3.8, 4) is 11.5 Å². The van der Waals surface area contributed by atoms with E-state index < -0.39 is 5.97 Å². The molecule has 0 radical (unpaired) electrons. The van der Waals surface area contributed by atoms with Gasteiger partial charge >= 0.3 is 5.97 Å². The van der Waals surface area contributed by atoms with Crippen LogP contribution in [0.4, 0.5) is 17.6 Å². The Bertz CT molecular complexity index is 1310. The SMILES string of the molecule is COc1cc(C(=O)OCc2nc(N)nc(Nc3ccccc3)n2)ccc1OCc1c(C)noc1C. The molecule has 4 aromatic rings. The van der Waals surface area contributed by atoms with Gasteiger partial charge < -0.3 is 29.8 Å². The third-order valence-corrected chi connectivity index (χ3v) is 5.01. The van der Waals surface area contributed by atoms with E-state index in [0.717, 1.165) is 16.9 Å². The summed E-state index contributed by atoms with van der Waals surface area (Å²) in [5.74, 6) is 1.40. The molecule has 0 unspecified atom stereocenters. The van der Waals surface area contributed by atoms with Crippen LogP contribution in [0.15, 0.2) is 53.1 Å². The topological polar surface area (TPSA) is 148 Å². The number of carbonyl (C=O) groups is 1. The number of methoxy groups -OCH3 is 1. The fraction of sp³-hybridized carbons (Fsp3) is 0.208. The Morgan fingerprint density at radius 3 is 2.54 bits per heavy atom. The van der Waals surface area contributed by atoms with Crippen LogP contribution in [0.1, 0.15) is 33.2 Å². The molecule has 0 spiro atoms. The van der Waals surface area contributed by atoms with Gasteiger partial charge in [0.25, 0.3) is 0 Å². The van der Waals surface area contributed by atoms with Crippen LogP contribution in [-0.2, 0) is 18.0 Å². The molecular formula is C24H24N6O5. The molecule has 0 aliphatic heterocycles. The minimum atomic E-state index is -0.586. The van der Waals surface area contributed by atoms with Gasteiger partial charge in [-0.3, -0.25) is 0 Å². The molecule has 2 heterocycles. The number of rotatable bonds is 9. The summed E-state index contributed by atoms with van der Waals surface area (Å²) in [6, 6.07) is 14.1. The molecule has 0 saturated carbocycles. The van der Waals surface area contributed by atoms with E-state index in [1.165, 1.54) is 13.2 Å². The third kappa shape index (κ3) is 5.82. The zero-order valence-electron chi connectivity index (χ0n) is 19.4. The first-order chi connectivity index (χ1) is 16.9. The van der Waals surface area contributed by atoms with Crippen LogP contribution in [0.2, 0.25) is 0 Å². The maximum absolute atomic E-state index is 12.6. The van der Waals surface area contributed by atoms with Crippen molar-refractivity contribution in [2.45, 2.75) is 27.1 Å². The number of nitrogens with zero attached hydrogens (tertiary/aromatic N) is 4. The fourth-order valence-corrected chi connectivity index (χ4v) is 3.19. The number of para-hydroxylation sites is 1. The first-order valence-corrected chi connectivity index (χ1v) is 10.6. The van der Waals surface area contributed by atoms with Crippen molar-refractivity contribution < 1.29 is 23.5 Å². The molecule has 35 heavy (non-hydrogen) atoms. The van der Waals surface area contributed by atoms with Crippen molar-refractivity contribution in [1.29, 1.82) is 0 Å². The number of aromatic nitrogens is 4. The lowest BCUT2D eigenvalue weighted by atomic mass is 10.2. The van der Waals surface area contributed by atoms with Crippen molar-refractivity contribution >= 4 is 23.6 Å². The zero-order valence-corrected chi connectivity index (χ0v) is 19.4. The number of nitrogen functional groups attached to an aromatic ring is 1. The van der Waals surface area contributed by atoms with Crippen molar-refractivity contribution in [3.05, 3.63) is 76.9 Å². The van der Waals surface area contributed by atoms with Gasteiger partial charge in [-0.15, -0.1) is 0 Å². The molecule has 180 valence electrons. The summed E-state index contributed by atoms with van der Waals surface area (Å²) >= 11 is 0. The maximum atomic E-state index is 12.6. The number of esters is 1. The second-order valence-electron chi connectivity index (χ2n) is 7.46. The van der Waals surface area contributed by atoms with Gasteiger partial charge in [0.05, 0.1) is 23.9 Å². The number of benzene rings is 2. The molecule has 0 saturated heterocycles. The van der Waals surface area contributed by atoms with Gasteiger partial charge in [-0.2, -0.15) is 15.0 Å². The monoisotopic (exact) mass is 476 g/mol. The van der Waals surface area contributed by atoms with Gasteiger partial charge in [-0.25, -0.2) is 4.79 Å². The Morgan fingerprint density at radius 2 is 1.83 bits per heavy atom. The van der Waals surface area contributed by atoms with Gasteiger partial charge in [0.15, 0.2) is 23.9 Å². The van der Waals surface area contributed by atoms with Crippen LogP contribution in [0, 0.1) is 13.8 Å². The number of aryl methyl sites for hydroxylation is 2. The van der Waals surface area contributed by atoms with E-state index in [1.54, 1.807) is 12.1 Å². The number of hydrogen-bond acceptors (Lipinski definition) is 11. The lowest BCUT2D eigenvalue weighted by molar-refractivity contribution is 0.0461. The Morgan fingerprint density at radius 1 is 1.03 bits per heavy atom. The molecule has 0 amide bonds. The molecule has 0 fully saturated rings. The summed E-state index contributed by atoms with van der Waals surface area (Å²) in [5, 5.41) is 6.94.